The second kappa shape index (κ2) is 21.9. The van der Waals surface area contributed by atoms with Crippen LogP contribution in [-0.2, 0) is 13.5 Å². The molecule has 3 aliphatic carbocycles. The van der Waals surface area contributed by atoms with Gasteiger partial charge in [0, 0.05) is 20.0 Å². The number of rotatable bonds is 8. The topological polar surface area (TPSA) is 6.48 Å². The zero-order valence-electron chi connectivity index (χ0n) is 30.5. The van der Waals surface area contributed by atoms with Crippen LogP contribution in [0.15, 0.2) is 103 Å². The Morgan fingerprint density at radius 2 is 0.900 bits per heavy atom. The summed E-state index contributed by atoms with van der Waals surface area (Å²) < 4.78 is 1.92. The molecule has 274 valence electrons. The molecule has 0 saturated heterocycles. The Hall–Kier alpha value is -1.50. The summed E-state index contributed by atoms with van der Waals surface area (Å²) in [5.41, 5.74) is 7.45. The average molecular weight is 821 g/mol. The van der Waals surface area contributed by atoms with E-state index in [1.54, 1.807) is 96.3 Å². The van der Waals surface area contributed by atoms with E-state index >= 15 is 0 Å². The van der Waals surface area contributed by atoms with E-state index in [1.165, 1.54) is 28.1 Å². The third kappa shape index (κ3) is 12.6. The van der Waals surface area contributed by atoms with Gasteiger partial charge in [0.2, 0.25) is 0 Å². The maximum absolute atomic E-state index is 5.67. The zero-order valence-corrected chi connectivity index (χ0v) is 34.7. The Kier molecular flexibility index (Phi) is 17.4. The molecule has 0 aromatic heterocycles. The van der Waals surface area contributed by atoms with Gasteiger partial charge < -0.3 is 9.80 Å². The van der Waals surface area contributed by atoms with Crippen molar-refractivity contribution in [3.8, 4) is 0 Å². The molecule has 3 aromatic rings. The molecule has 3 aromatic carbocycles. The molecule has 0 N–H and O–H groups in total. The van der Waals surface area contributed by atoms with E-state index in [0.29, 0.717) is 12.1 Å². The first kappa shape index (κ1) is 39.7. The average Bonchev–Trinajstić information content (AvgIpc) is 3.68. The van der Waals surface area contributed by atoms with E-state index in [9.17, 15) is 0 Å². The van der Waals surface area contributed by atoms with Crippen LogP contribution in [0.1, 0.15) is 139 Å². The fraction of sp³-hybridized carbons (Fsp3) is 0.500. The van der Waals surface area contributed by atoms with Gasteiger partial charge in [0.15, 0.2) is 0 Å². The zero-order chi connectivity index (χ0) is 35.0. The predicted octanol–water partition coefficient (Wildman–Crippen LogP) is 13.7. The third-order valence-corrected chi connectivity index (χ3v) is 17.8. The van der Waals surface area contributed by atoms with Crippen LogP contribution in [0.5, 0.6) is 0 Å². The summed E-state index contributed by atoms with van der Waals surface area (Å²) in [7, 11) is 11.3. The van der Waals surface area contributed by atoms with Crippen molar-refractivity contribution in [3.05, 3.63) is 127 Å². The SMILES string of the molecule is C1CCC([PH+](C2CCCCC2)C2CCCCC2)CC1.C[C@H](c1ccccc1)N1C=CN([C@H](C)c2ccccc2)[CH-]1.[Cl][Ru]([Cl])=[CH]c1ccccc1. The van der Waals surface area contributed by atoms with Crippen molar-refractivity contribution in [2.24, 2.45) is 0 Å². The van der Waals surface area contributed by atoms with E-state index < -0.39 is 13.5 Å². The molecule has 2 atom stereocenters. The molecule has 3 saturated carbocycles. The van der Waals surface area contributed by atoms with Crippen LogP contribution in [0.2, 0.25) is 0 Å². The van der Waals surface area contributed by atoms with Gasteiger partial charge in [-0.15, -0.1) is 0 Å². The van der Waals surface area contributed by atoms with Gasteiger partial charge in [0.1, 0.15) is 0 Å². The first-order valence-corrected chi connectivity index (χ1v) is 26.6. The number of hydrogen-bond acceptors (Lipinski definition) is 2. The van der Waals surface area contributed by atoms with Crippen molar-refractivity contribution in [2.45, 2.75) is 139 Å². The molecule has 0 radical (unpaired) electrons. The summed E-state index contributed by atoms with van der Waals surface area (Å²) in [6.45, 7) is 6.65. The number of halogens is 2. The summed E-state index contributed by atoms with van der Waals surface area (Å²) in [6, 6.07) is 31.8. The van der Waals surface area contributed by atoms with Crippen LogP contribution in [0.25, 0.3) is 0 Å². The van der Waals surface area contributed by atoms with Gasteiger partial charge in [0.05, 0.1) is 17.0 Å². The summed E-state index contributed by atoms with van der Waals surface area (Å²) >= 11 is -1.61. The Morgan fingerprint density at radius 1 is 0.560 bits per heavy atom. The van der Waals surface area contributed by atoms with Crippen LogP contribution in [0.3, 0.4) is 0 Å². The van der Waals surface area contributed by atoms with E-state index in [2.05, 4.69) is 103 Å². The molecule has 6 heteroatoms. The normalized spacial score (nSPS) is 20.3. The maximum atomic E-state index is 5.67. The first-order chi connectivity index (χ1) is 24.5. The molecule has 3 fully saturated rings. The number of benzene rings is 3. The molecule has 2 nitrogen and oxygen atoms in total. The van der Waals surface area contributed by atoms with E-state index in [0.717, 1.165) is 5.56 Å². The Balaban J connectivity index is 0.000000155. The molecule has 4 aliphatic rings. The van der Waals surface area contributed by atoms with Gasteiger partial charge in [-0.1, -0.05) is 79.9 Å². The predicted molar refractivity (Wildman–Crippen MR) is 219 cm³/mol. The number of nitrogens with zero attached hydrogens (tertiary/aromatic N) is 2. The van der Waals surface area contributed by atoms with E-state index in [4.69, 9.17) is 19.4 Å². The van der Waals surface area contributed by atoms with Crippen molar-refractivity contribution >= 4 is 31.9 Å². The van der Waals surface area contributed by atoms with Crippen molar-refractivity contribution in [1.82, 2.24) is 9.80 Å². The van der Waals surface area contributed by atoms with Crippen LogP contribution in [0, 0.1) is 6.67 Å². The van der Waals surface area contributed by atoms with Crippen LogP contribution < -0.4 is 0 Å². The summed E-state index contributed by atoms with van der Waals surface area (Å²) in [4.78, 5) is 4.52. The standard InChI is InChI=1S/C19H21N2.C18H33P.C7H6.2ClH.Ru/c1-16(18-9-5-3-6-10-18)20-13-14-21(15-20)17(2)19-11-7-4-8-12-19;1-4-10-16(11-5-1)19(17-12-6-2-7-13-17)18-14-8-3-9-15-18;1-7-5-3-2-4-6-7;;;/h3-17H,1-2H3;16-18H,1-15H2;1-6H;2*1H;/q-1;;;;;+2/p-1/t16-,17-;;;;;/m1...../s1. The van der Waals surface area contributed by atoms with Gasteiger partial charge in [-0.2, -0.15) is 6.67 Å². The molecular formula is C44H61Cl2N2PRu. The summed E-state index contributed by atoms with van der Waals surface area (Å²) in [6.07, 6.45) is 28.1. The van der Waals surface area contributed by atoms with Crippen LogP contribution in [-0.4, -0.2) is 31.4 Å². The molecule has 50 heavy (non-hydrogen) atoms. The summed E-state index contributed by atoms with van der Waals surface area (Å²) in [5.74, 6) is 0. The third-order valence-electron chi connectivity index (χ3n) is 11.4. The fourth-order valence-corrected chi connectivity index (χ4v) is 15.6. The van der Waals surface area contributed by atoms with Gasteiger partial charge in [0.25, 0.3) is 0 Å². The van der Waals surface area contributed by atoms with Crippen LogP contribution >= 0.6 is 27.3 Å². The van der Waals surface area contributed by atoms with Gasteiger partial charge in [-0.3, -0.25) is 0 Å². The fourth-order valence-electron chi connectivity index (χ4n) is 8.57. The molecule has 1 heterocycles. The molecule has 1 aliphatic heterocycles. The molecule has 0 spiro atoms. The minimum atomic E-state index is -1.61. The molecule has 7 rings (SSSR count). The van der Waals surface area contributed by atoms with Crippen molar-refractivity contribution < 1.29 is 13.5 Å². The molecular weight excluding hydrogens is 759 g/mol. The quantitative estimate of drug-likeness (QED) is 0.127. The van der Waals surface area contributed by atoms with Crippen molar-refractivity contribution in [3.63, 3.8) is 0 Å². The second-order valence-corrected chi connectivity index (χ2v) is 23.9. The van der Waals surface area contributed by atoms with E-state index in [1.807, 2.05) is 34.9 Å². The molecule has 0 bridgehead atoms. The molecule has 0 amide bonds. The Bertz CT molecular complexity index is 1300. The second-order valence-electron chi connectivity index (χ2n) is 14.7. The van der Waals surface area contributed by atoms with Gasteiger partial charge in [-0.25, -0.2) is 0 Å². The minimum absolute atomic E-state index is 0.0465. The first-order valence-electron chi connectivity index (χ1n) is 19.4. The van der Waals surface area contributed by atoms with Gasteiger partial charge in [-0.05, 0) is 114 Å². The number of hydrogen-bond donors (Lipinski definition) is 0. The van der Waals surface area contributed by atoms with Gasteiger partial charge >= 0.3 is 73.4 Å². The van der Waals surface area contributed by atoms with E-state index in [-0.39, 0.29) is 7.92 Å². The molecule has 0 unspecified atom stereocenters. The Morgan fingerprint density at radius 3 is 1.24 bits per heavy atom. The van der Waals surface area contributed by atoms with Crippen molar-refractivity contribution in [2.75, 3.05) is 0 Å². The Labute approximate surface area is 319 Å². The summed E-state index contributed by atoms with van der Waals surface area (Å²) in [5, 5.41) is 0. The van der Waals surface area contributed by atoms with Crippen molar-refractivity contribution in [1.29, 1.82) is 0 Å². The van der Waals surface area contributed by atoms with Crippen LogP contribution in [0.4, 0.5) is 0 Å². The monoisotopic (exact) mass is 820 g/mol.